The van der Waals surface area contributed by atoms with Crippen LogP contribution in [0.2, 0.25) is 0 Å². The molecule has 0 bridgehead atoms. The Balaban J connectivity index is 0.00000144. The van der Waals surface area contributed by atoms with E-state index in [9.17, 15) is 0 Å². The number of nitrogens with zero attached hydrogens (tertiary/aromatic N) is 2. The van der Waals surface area contributed by atoms with E-state index in [2.05, 4.69) is 16.0 Å². The van der Waals surface area contributed by atoms with Crippen LogP contribution in [0.5, 0.6) is 0 Å². The van der Waals surface area contributed by atoms with Crippen LogP contribution in [0, 0.1) is 0 Å². The van der Waals surface area contributed by atoms with Gasteiger partial charge in [-0.25, -0.2) is 4.99 Å². The number of guanidine groups is 1. The van der Waals surface area contributed by atoms with Gasteiger partial charge < -0.3 is 20.1 Å². The van der Waals surface area contributed by atoms with Crippen molar-refractivity contribution in [3.63, 3.8) is 0 Å². The second-order valence-corrected chi connectivity index (χ2v) is 3.98. The first-order chi connectivity index (χ1) is 7.86. The van der Waals surface area contributed by atoms with Gasteiger partial charge in [0.1, 0.15) is 0 Å². The van der Waals surface area contributed by atoms with Crippen LogP contribution in [-0.4, -0.2) is 56.9 Å². The normalized spacial score (nSPS) is 21.8. The van der Waals surface area contributed by atoms with Gasteiger partial charge in [0.25, 0.3) is 0 Å². The predicted molar refractivity (Wildman–Crippen MR) is 77.8 cm³/mol. The molecule has 2 aliphatic heterocycles. The maximum Gasteiger partial charge on any atom is 0.191 e. The van der Waals surface area contributed by atoms with Crippen LogP contribution in [0.4, 0.5) is 0 Å². The van der Waals surface area contributed by atoms with Gasteiger partial charge in [-0.3, -0.25) is 0 Å². The standard InChI is InChI=1S/C11H19N3O2.HI/c12-11(14-3-6-15-7-4-14)13-8-10-2-1-5-16-9-10;/h2H,1,3-9H2,(H2,12,13);1H. The van der Waals surface area contributed by atoms with E-state index >= 15 is 0 Å². The molecule has 5 nitrogen and oxygen atoms in total. The van der Waals surface area contributed by atoms with E-state index in [1.807, 2.05) is 0 Å². The topological polar surface area (TPSA) is 60.1 Å². The van der Waals surface area contributed by atoms with Crippen molar-refractivity contribution in [2.45, 2.75) is 6.42 Å². The monoisotopic (exact) mass is 353 g/mol. The van der Waals surface area contributed by atoms with E-state index in [0.29, 0.717) is 19.1 Å². The van der Waals surface area contributed by atoms with E-state index in [0.717, 1.165) is 39.3 Å². The van der Waals surface area contributed by atoms with Crippen molar-refractivity contribution in [2.75, 3.05) is 46.1 Å². The molecule has 2 rings (SSSR count). The highest BCUT2D eigenvalue weighted by Crippen LogP contribution is 2.06. The van der Waals surface area contributed by atoms with Crippen molar-refractivity contribution in [1.29, 1.82) is 0 Å². The third-order valence-corrected chi connectivity index (χ3v) is 2.76. The fraction of sp³-hybridized carbons (Fsp3) is 0.727. The molecule has 0 aromatic heterocycles. The van der Waals surface area contributed by atoms with Gasteiger partial charge in [-0.1, -0.05) is 6.08 Å². The molecule has 1 saturated heterocycles. The summed E-state index contributed by atoms with van der Waals surface area (Å²) in [4.78, 5) is 6.45. The molecule has 0 aliphatic carbocycles. The van der Waals surface area contributed by atoms with Gasteiger partial charge in [-0.15, -0.1) is 24.0 Å². The van der Waals surface area contributed by atoms with E-state index < -0.39 is 0 Å². The molecule has 0 unspecified atom stereocenters. The third-order valence-electron chi connectivity index (χ3n) is 2.76. The maximum atomic E-state index is 5.92. The van der Waals surface area contributed by atoms with Gasteiger partial charge in [0.05, 0.1) is 33.0 Å². The number of aliphatic imine (C=N–C) groups is 1. The van der Waals surface area contributed by atoms with E-state index in [1.165, 1.54) is 5.57 Å². The molecule has 1 fully saturated rings. The van der Waals surface area contributed by atoms with Gasteiger partial charge in [0, 0.05) is 13.1 Å². The molecule has 0 radical (unpaired) electrons. The molecule has 98 valence electrons. The summed E-state index contributed by atoms with van der Waals surface area (Å²) in [6.07, 6.45) is 3.18. The Labute approximate surface area is 119 Å². The minimum Gasteiger partial charge on any atom is -0.378 e. The molecule has 6 heteroatoms. The fourth-order valence-electron chi connectivity index (χ4n) is 1.79. The lowest BCUT2D eigenvalue weighted by molar-refractivity contribution is 0.0674. The number of nitrogens with two attached hydrogens (primary N) is 1. The molecule has 17 heavy (non-hydrogen) atoms. The number of hydrogen-bond acceptors (Lipinski definition) is 3. The van der Waals surface area contributed by atoms with E-state index in [1.54, 1.807) is 0 Å². The van der Waals surface area contributed by atoms with Crippen molar-refractivity contribution < 1.29 is 9.47 Å². The Morgan fingerprint density at radius 1 is 1.29 bits per heavy atom. The first-order valence-electron chi connectivity index (χ1n) is 5.74. The Morgan fingerprint density at radius 2 is 2.06 bits per heavy atom. The highest BCUT2D eigenvalue weighted by Gasteiger charge is 2.12. The first kappa shape index (κ1) is 14.7. The van der Waals surface area contributed by atoms with Gasteiger partial charge in [0.15, 0.2) is 5.96 Å². The lowest BCUT2D eigenvalue weighted by Crippen LogP contribution is -2.44. The van der Waals surface area contributed by atoms with Crippen LogP contribution in [0.1, 0.15) is 6.42 Å². The van der Waals surface area contributed by atoms with Crippen LogP contribution in [-0.2, 0) is 9.47 Å². The summed E-state index contributed by atoms with van der Waals surface area (Å²) in [6.45, 7) is 5.33. The Bertz CT molecular complexity index is 288. The second kappa shape index (κ2) is 7.88. The third kappa shape index (κ3) is 4.81. The van der Waals surface area contributed by atoms with Crippen LogP contribution < -0.4 is 5.73 Å². The molecule has 2 heterocycles. The molecule has 0 saturated carbocycles. The quantitative estimate of drug-likeness (QED) is 0.342. The highest BCUT2D eigenvalue weighted by molar-refractivity contribution is 14.0. The van der Waals surface area contributed by atoms with E-state index in [4.69, 9.17) is 15.2 Å². The van der Waals surface area contributed by atoms with Gasteiger partial charge in [-0.05, 0) is 12.0 Å². The lowest BCUT2D eigenvalue weighted by atomic mass is 10.2. The summed E-state index contributed by atoms with van der Waals surface area (Å²) in [7, 11) is 0. The van der Waals surface area contributed by atoms with Crippen LogP contribution in [0.3, 0.4) is 0 Å². The van der Waals surface area contributed by atoms with Crippen LogP contribution in [0.25, 0.3) is 0 Å². The average molecular weight is 353 g/mol. The number of morpholine rings is 1. The molecule has 0 spiro atoms. The number of ether oxygens (including phenoxy) is 2. The van der Waals surface area contributed by atoms with Crippen LogP contribution >= 0.6 is 24.0 Å². The summed E-state index contributed by atoms with van der Waals surface area (Å²) >= 11 is 0. The number of hydrogen-bond donors (Lipinski definition) is 1. The first-order valence-corrected chi connectivity index (χ1v) is 5.74. The molecular weight excluding hydrogens is 333 g/mol. The van der Waals surface area contributed by atoms with Crippen molar-refractivity contribution >= 4 is 29.9 Å². The van der Waals surface area contributed by atoms with Crippen LogP contribution in [0.15, 0.2) is 16.6 Å². The Morgan fingerprint density at radius 3 is 2.71 bits per heavy atom. The van der Waals surface area contributed by atoms with Crippen molar-refractivity contribution in [1.82, 2.24) is 4.90 Å². The maximum absolute atomic E-state index is 5.92. The lowest BCUT2D eigenvalue weighted by Gasteiger charge is -2.27. The zero-order valence-electron chi connectivity index (χ0n) is 9.93. The summed E-state index contributed by atoms with van der Waals surface area (Å²) in [5.41, 5.74) is 7.14. The molecule has 0 atom stereocenters. The number of rotatable bonds is 2. The van der Waals surface area contributed by atoms with E-state index in [-0.39, 0.29) is 24.0 Å². The summed E-state index contributed by atoms with van der Waals surface area (Å²) in [5, 5.41) is 0. The van der Waals surface area contributed by atoms with Gasteiger partial charge in [-0.2, -0.15) is 0 Å². The number of halogens is 1. The summed E-state index contributed by atoms with van der Waals surface area (Å²) in [5.74, 6) is 0.620. The summed E-state index contributed by atoms with van der Waals surface area (Å²) in [6, 6.07) is 0. The zero-order valence-corrected chi connectivity index (χ0v) is 12.3. The zero-order chi connectivity index (χ0) is 11.2. The Hall–Kier alpha value is -0.340. The molecular formula is C11H20IN3O2. The van der Waals surface area contributed by atoms with Gasteiger partial charge >= 0.3 is 0 Å². The Kier molecular flexibility index (Phi) is 6.83. The molecule has 2 aliphatic rings. The fourth-order valence-corrected chi connectivity index (χ4v) is 1.79. The van der Waals surface area contributed by atoms with Crippen molar-refractivity contribution in [2.24, 2.45) is 10.7 Å². The molecule has 2 N–H and O–H groups in total. The molecule has 0 aromatic rings. The smallest absolute Gasteiger partial charge is 0.191 e. The summed E-state index contributed by atoms with van der Waals surface area (Å²) < 4.78 is 10.6. The van der Waals surface area contributed by atoms with Gasteiger partial charge in [0.2, 0.25) is 0 Å². The van der Waals surface area contributed by atoms with Crippen molar-refractivity contribution in [3.8, 4) is 0 Å². The minimum absolute atomic E-state index is 0. The predicted octanol–water partition coefficient (Wildman–Crippen LogP) is 0.598. The molecule has 0 aromatic carbocycles. The minimum atomic E-state index is 0. The largest absolute Gasteiger partial charge is 0.378 e. The SMILES string of the molecule is I.NC(=NCC1=CCCOC1)N1CCOCC1. The second-order valence-electron chi connectivity index (χ2n) is 3.98. The molecule has 0 amide bonds. The average Bonchev–Trinajstić information content (AvgIpc) is 2.38. The highest BCUT2D eigenvalue weighted by atomic mass is 127. The van der Waals surface area contributed by atoms with Crippen molar-refractivity contribution in [3.05, 3.63) is 11.6 Å².